The fourth-order valence-corrected chi connectivity index (χ4v) is 3.93. The summed E-state index contributed by atoms with van der Waals surface area (Å²) in [7, 11) is 0. The Hall–Kier alpha value is -2.08. The third kappa shape index (κ3) is 3.85. The number of para-hydroxylation sites is 2. The smallest absolute Gasteiger partial charge is 0.329 e. The number of amides is 1. The van der Waals surface area contributed by atoms with Crippen molar-refractivity contribution in [3.05, 3.63) is 34.7 Å². The van der Waals surface area contributed by atoms with E-state index in [0.29, 0.717) is 19.1 Å². The third-order valence-electron chi connectivity index (χ3n) is 5.34. The Balaban J connectivity index is 1.71. The summed E-state index contributed by atoms with van der Waals surface area (Å²) >= 11 is 0. The minimum absolute atomic E-state index is 0.0759. The largest absolute Gasteiger partial charge is 0.353 e. The summed E-state index contributed by atoms with van der Waals surface area (Å²) in [5, 5.41) is 3.04. The first-order chi connectivity index (χ1) is 12.7. The molecule has 6 heteroatoms. The molecule has 1 aromatic heterocycles. The van der Waals surface area contributed by atoms with Crippen LogP contribution in [0.5, 0.6) is 0 Å². The van der Waals surface area contributed by atoms with Crippen LogP contribution in [0.15, 0.2) is 29.1 Å². The van der Waals surface area contributed by atoms with Gasteiger partial charge in [0.1, 0.15) is 6.54 Å². The van der Waals surface area contributed by atoms with Crippen LogP contribution in [0.3, 0.4) is 0 Å². The van der Waals surface area contributed by atoms with Gasteiger partial charge in [-0.05, 0) is 50.9 Å². The number of aryl methyl sites for hydroxylation is 1. The van der Waals surface area contributed by atoms with Crippen LogP contribution in [-0.4, -0.2) is 45.6 Å². The molecular weight excluding hydrogens is 328 g/mol. The summed E-state index contributed by atoms with van der Waals surface area (Å²) in [6.07, 6.45) is 4.40. The molecule has 1 aromatic carbocycles. The highest BCUT2D eigenvalue weighted by Crippen LogP contribution is 2.14. The highest BCUT2D eigenvalue weighted by Gasteiger charge is 2.21. The number of nitrogens with one attached hydrogen (secondary N) is 1. The molecule has 0 aliphatic carbocycles. The lowest BCUT2D eigenvalue weighted by Crippen LogP contribution is -2.43. The zero-order valence-electron chi connectivity index (χ0n) is 15.9. The minimum atomic E-state index is -0.102. The Labute approximate surface area is 154 Å². The van der Waals surface area contributed by atoms with E-state index in [4.69, 9.17) is 0 Å². The molecule has 0 radical (unpaired) electrons. The van der Waals surface area contributed by atoms with Gasteiger partial charge >= 0.3 is 5.69 Å². The van der Waals surface area contributed by atoms with Crippen molar-refractivity contribution in [3.8, 4) is 0 Å². The van der Waals surface area contributed by atoms with Crippen molar-refractivity contribution in [2.45, 2.75) is 58.7 Å². The van der Waals surface area contributed by atoms with Crippen LogP contribution in [0.4, 0.5) is 0 Å². The van der Waals surface area contributed by atoms with Gasteiger partial charge in [0.05, 0.1) is 11.0 Å². The molecule has 1 N–H and O–H groups in total. The van der Waals surface area contributed by atoms with E-state index in [-0.39, 0.29) is 18.1 Å². The fraction of sp³-hybridized carbons (Fsp3) is 0.600. The van der Waals surface area contributed by atoms with Crippen molar-refractivity contribution >= 4 is 16.9 Å². The standard InChI is InChI=1S/C20H30N4O2/c1-3-11-23-17-9-5-6-10-18(17)24(20(23)26)15-19(25)21-14-16(4-2)22-12-7-8-13-22/h5-6,9-10,16H,3-4,7-8,11-15H2,1-2H3,(H,21,25). The van der Waals surface area contributed by atoms with Gasteiger partial charge in [0.15, 0.2) is 0 Å². The molecule has 3 rings (SSSR count). The van der Waals surface area contributed by atoms with Crippen molar-refractivity contribution < 1.29 is 4.79 Å². The van der Waals surface area contributed by atoms with Crippen LogP contribution in [0.2, 0.25) is 0 Å². The van der Waals surface area contributed by atoms with Crippen LogP contribution in [0.25, 0.3) is 11.0 Å². The lowest BCUT2D eigenvalue weighted by molar-refractivity contribution is -0.121. The number of fused-ring (bicyclic) bond motifs is 1. The zero-order valence-corrected chi connectivity index (χ0v) is 15.9. The van der Waals surface area contributed by atoms with Gasteiger partial charge in [0, 0.05) is 19.1 Å². The SMILES string of the molecule is CCCn1c(=O)n(CC(=O)NCC(CC)N2CCCC2)c2ccccc21. The van der Waals surface area contributed by atoms with E-state index in [1.807, 2.05) is 24.3 Å². The predicted octanol–water partition coefficient (Wildman–Crippen LogP) is 2.20. The van der Waals surface area contributed by atoms with Crippen molar-refractivity contribution in [1.29, 1.82) is 0 Å². The summed E-state index contributed by atoms with van der Waals surface area (Å²) in [6.45, 7) is 7.86. The fourth-order valence-electron chi connectivity index (χ4n) is 3.93. The average Bonchev–Trinajstić information content (AvgIpc) is 3.26. The lowest BCUT2D eigenvalue weighted by Gasteiger charge is -2.26. The first kappa shape index (κ1) is 18.7. The molecule has 142 valence electrons. The van der Waals surface area contributed by atoms with Crippen LogP contribution in [0.1, 0.15) is 39.5 Å². The van der Waals surface area contributed by atoms with Gasteiger partial charge in [-0.25, -0.2) is 4.79 Å². The molecule has 0 spiro atoms. The number of carbonyl (C=O) groups is 1. The van der Waals surface area contributed by atoms with E-state index >= 15 is 0 Å². The van der Waals surface area contributed by atoms with E-state index in [9.17, 15) is 9.59 Å². The number of benzene rings is 1. The zero-order chi connectivity index (χ0) is 18.5. The van der Waals surface area contributed by atoms with Crippen LogP contribution in [0, 0.1) is 0 Å². The second-order valence-corrected chi connectivity index (χ2v) is 7.12. The van der Waals surface area contributed by atoms with Crippen molar-refractivity contribution in [3.63, 3.8) is 0 Å². The summed E-state index contributed by atoms with van der Waals surface area (Å²) in [6, 6.07) is 8.09. The Kier molecular flexibility index (Phi) is 6.14. The van der Waals surface area contributed by atoms with Crippen LogP contribution >= 0.6 is 0 Å². The van der Waals surface area contributed by atoms with E-state index < -0.39 is 0 Å². The molecule has 2 aromatic rings. The molecule has 0 bridgehead atoms. The Bertz CT molecular complexity index is 802. The van der Waals surface area contributed by atoms with Gasteiger partial charge in [-0.15, -0.1) is 0 Å². The first-order valence-corrected chi connectivity index (χ1v) is 9.84. The molecule has 1 aliphatic heterocycles. The molecular formula is C20H30N4O2. The van der Waals surface area contributed by atoms with E-state index in [1.54, 1.807) is 9.13 Å². The molecule has 1 saturated heterocycles. The maximum absolute atomic E-state index is 12.8. The van der Waals surface area contributed by atoms with E-state index in [0.717, 1.165) is 37.0 Å². The Morgan fingerprint density at radius 1 is 1.12 bits per heavy atom. The topological polar surface area (TPSA) is 59.3 Å². The molecule has 2 heterocycles. The first-order valence-electron chi connectivity index (χ1n) is 9.84. The molecule has 0 saturated carbocycles. The highest BCUT2D eigenvalue weighted by molar-refractivity contribution is 5.80. The molecule has 1 aliphatic rings. The highest BCUT2D eigenvalue weighted by atomic mass is 16.2. The molecule has 1 unspecified atom stereocenters. The third-order valence-corrected chi connectivity index (χ3v) is 5.34. The number of rotatable bonds is 8. The van der Waals surface area contributed by atoms with Crippen LogP contribution in [-0.2, 0) is 17.9 Å². The Morgan fingerprint density at radius 2 is 1.77 bits per heavy atom. The molecule has 1 amide bonds. The number of aromatic nitrogens is 2. The second-order valence-electron chi connectivity index (χ2n) is 7.12. The maximum Gasteiger partial charge on any atom is 0.329 e. The summed E-state index contributed by atoms with van der Waals surface area (Å²) in [4.78, 5) is 27.7. The quantitative estimate of drug-likeness (QED) is 0.787. The van der Waals surface area contributed by atoms with Crippen molar-refractivity contribution in [1.82, 2.24) is 19.4 Å². The summed E-state index contributed by atoms with van der Waals surface area (Å²) in [5.41, 5.74) is 1.62. The number of hydrogen-bond acceptors (Lipinski definition) is 3. The molecule has 1 fully saturated rings. The van der Waals surface area contributed by atoms with E-state index in [2.05, 4.69) is 24.1 Å². The van der Waals surface area contributed by atoms with Gasteiger partial charge < -0.3 is 5.32 Å². The summed E-state index contributed by atoms with van der Waals surface area (Å²) in [5.74, 6) is -0.0934. The lowest BCUT2D eigenvalue weighted by atomic mass is 10.2. The molecule has 26 heavy (non-hydrogen) atoms. The average molecular weight is 358 g/mol. The predicted molar refractivity (Wildman–Crippen MR) is 104 cm³/mol. The maximum atomic E-state index is 12.8. The summed E-state index contributed by atoms with van der Waals surface area (Å²) < 4.78 is 3.36. The number of hydrogen-bond donors (Lipinski definition) is 1. The number of carbonyl (C=O) groups excluding carboxylic acids is 1. The number of likely N-dealkylation sites (tertiary alicyclic amines) is 1. The normalized spacial score (nSPS) is 16.2. The molecule has 6 nitrogen and oxygen atoms in total. The van der Waals surface area contributed by atoms with Crippen molar-refractivity contribution in [2.24, 2.45) is 0 Å². The van der Waals surface area contributed by atoms with Crippen LogP contribution < -0.4 is 11.0 Å². The number of nitrogens with zero attached hydrogens (tertiary/aromatic N) is 3. The van der Waals surface area contributed by atoms with Crippen molar-refractivity contribution in [2.75, 3.05) is 19.6 Å². The minimum Gasteiger partial charge on any atom is -0.353 e. The second kappa shape index (κ2) is 8.54. The van der Waals surface area contributed by atoms with Gasteiger partial charge in [0.2, 0.25) is 5.91 Å². The number of imidazole rings is 1. The Morgan fingerprint density at radius 3 is 2.38 bits per heavy atom. The van der Waals surface area contributed by atoms with Gasteiger partial charge in [-0.3, -0.25) is 18.8 Å². The van der Waals surface area contributed by atoms with E-state index in [1.165, 1.54) is 12.8 Å². The molecule has 1 atom stereocenters. The van der Waals surface area contributed by atoms with Gasteiger partial charge in [0.25, 0.3) is 0 Å². The van der Waals surface area contributed by atoms with Gasteiger partial charge in [-0.1, -0.05) is 26.0 Å². The van der Waals surface area contributed by atoms with Gasteiger partial charge in [-0.2, -0.15) is 0 Å². The monoisotopic (exact) mass is 358 g/mol.